The van der Waals surface area contributed by atoms with Crippen LogP contribution in [0.3, 0.4) is 0 Å². The van der Waals surface area contributed by atoms with Gasteiger partial charge in [0.05, 0.1) is 21.5 Å². The Morgan fingerprint density at radius 1 is 0.818 bits per heavy atom. The minimum absolute atomic E-state index is 0.0801. The fraction of sp³-hybridized carbons (Fsp3) is 0.231. The highest BCUT2D eigenvalue weighted by atomic mass is 32.2. The van der Waals surface area contributed by atoms with Crippen molar-refractivity contribution in [3.63, 3.8) is 0 Å². The van der Waals surface area contributed by atoms with E-state index < -0.39 is 16.0 Å². The molecule has 0 aliphatic heterocycles. The van der Waals surface area contributed by atoms with Gasteiger partial charge in [0, 0.05) is 23.9 Å². The molecule has 1 aromatic heterocycles. The first-order valence-electron chi connectivity index (χ1n) is 10.9. The predicted octanol–water partition coefficient (Wildman–Crippen LogP) is 5.58. The SMILES string of the molecule is CCCN(CCC)S(=O)(=O)c1ccc(C(=O)O)cc1.c1ccc2nc3ccccc3cc2c1. The van der Waals surface area contributed by atoms with E-state index in [1.54, 1.807) is 0 Å². The minimum Gasteiger partial charge on any atom is -0.478 e. The van der Waals surface area contributed by atoms with E-state index in [2.05, 4.69) is 23.2 Å². The van der Waals surface area contributed by atoms with Gasteiger partial charge in [0.2, 0.25) is 10.0 Å². The third-order valence-corrected chi connectivity index (χ3v) is 7.02. The largest absolute Gasteiger partial charge is 0.478 e. The van der Waals surface area contributed by atoms with Crippen molar-refractivity contribution in [1.82, 2.24) is 9.29 Å². The molecule has 33 heavy (non-hydrogen) atoms. The molecule has 0 unspecified atom stereocenters. The standard InChI is InChI=1S/C13H19NO4S.C13H9N/c1-3-9-14(10-4-2)19(17,18)12-7-5-11(6-8-12)13(15)16;1-3-7-12-10(5-1)9-11-6-2-4-8-13(11)14-12/h5-8H,3-4,9-10H2,1-2H3,(H,15,16);1-9H. The molecule has 7 heteroatoms. The number of fused-ring (bicyclic) bond motifs is 2. The molecule has 172 valence electrons. The third-order valence-electron chi connectivity index (χ3n) is 5.11. The van der Waals surface area contributed by atoms with Gasteiger partial charge < -0.3 is 5.11 Å². The van der Waals surface area contributed by atoms with Gasteiger partial charge >= 0.3 is 5.97 Å². The molecule has 1 heterocycles. The summed E-state index contributed by atoms with van der Waals surface area (Å²) in [4.78, 5) is 15.5. The summed E-state index contributed by atoms with van der Waals surface area (Å²) in [6.45, 7) is 4.78. The number of carbonyl (C=O) groups is 1. The zero-order chi connectivity index (χ0) is 23.8. The fourth-order valence-corrected chi connectivity index (χ4v) is 5.11. The lowest BCUT2D eigenvalue weighted by molar-refractivity contribution is 0.0696. The molecule has 0 atom stereocenters. The molecule has 4 rings (SSSR count). The number of hydrogen-bond donors (Lipinski definition) is 1. The van der Waals surface area contributed by atoms with E-state index >= 15 is 0 Å². The number of pyridine rings is 1. The van der Waals surface area contributed by atoms with Crippen molar-refractivity contribution in [3.05, 3.63) is 84.4 Å². The number of carboxylic acid groups (broad SMARTS) is 1. The smallest absolute Gasteiger partial charge is 0.335 e. The molecule has 3 aromatic carbocycles. The monoisotopic (exact) mass is 464 g/mol. The first-order valence-corrected chi connectivity index (χ1v) is 12.4. The van der Waals surface area contributed by atoms with Gasteiger partial charge in [-0.15, -0.1) is 0 Å². The topological polar surface area (TPSA) is 87.6 Å². The van der Waals surface area contributed by atoms with Crippen LogP contribution in [0.4, 0.5) is 0 Å². The number of sulfonamides is 1. The summed E-state index contributed by atoms with van der Waals surface area (Å²) in [5.41, 5.74) is 2.20. The summed E-state index contributed by atoms with van der Waals surface area (Å²) in [5, 5.41) is 11.2. The molecule has 4 aromatic rings. The van der Waals surface area contributed by atoms with Crippen LogP contribution < -0.4 is 0 Å². The van der Waals surface area contributed by atoms with Crippen LogP contribution in [0.15, 0.2) is 83.8 Å². The second-order valence-electron chi connectivity index (χ2n) is 7.61. The van der Waals surface area contributed by atoms with E-state index in [0.29, 0.717) is 13.1 Å². The Hall–Kier alpha value is -3.29. The molecule has 0 radical (unpaired) electrons. The Morgan fingerprint density at radius 3 is 1.76 bits per heavy atom. The molecule has 0 aliphatic rings. The molecule has 0 amide bonds. The summed E-state index contributed by atoms with van der Waals surface area (Å²) in [6.07, 6.45) is 1.48. The highest BCUT2D eigenvalue weighted by molar-refractivity contribution is 7.89. The number of carboxylic acids is 1. The summed E-state index contributed by atoms with van der Waals surface area (Å²) >= 11 is 0. The van der Waals surface area contributed by atoms with Crippen LogP contribution in [-0.4, -0.2) is 41.9 Å². The molecule has 0 fully saturated rings. The number of hydrogen-bond acceptors (Lipinski definition) is 4. The molecule has 0 spiro atoms. The normalized spacial score (nSPS) is 11.4. The summed E-state index contributed by atoms with van der Waals surface area (Å²) in [6, 6.07) is 23.9. The van der Waals surface area contributed by atoms with Gasteiger partial charge in [0.25, 0.3) is 0 Å². The summed E-state index contributed by atoms with van der Waals surface area (Å²) in [7, 11) is -3.53. The highest BCUT2D eigenvalue weighted by Crippen LogP contribution is 2.19. The van der Waals surface area contributed by atoms with Gasteiger partial charge in [0.1, 0.15) is 0 Å². The van der Waals surface area contributed by atoms with E-state index in [1.807, 2.05) is 50.2 Å². The van der Waals surface area contributed by atoms with E-state index in [-0.39, 0.29) is 10.5 Å². The number of para-hydroxylation sites is 2. The number of aromatic nitrogens is 1. The second-order valence-corrected chi connectivity index (χ2v) is 9.55. The van der Waals surface area contributed by atoms with Crippen LogP contribution in [0, 0.1) is 0 Å². The van der Waals surface area contributed by atoms with Crippen molar-refractivity contribution in [2.24, 2.45) is 0 Å². The van der Waals surface area contributed by atoms with Crippen molar-refractivity contribution in [3.8, 4) is 0 Å². The quantitative estimate of drug-likeness (QED) is 0.361. The zero-order valence-corrected chi connectivity index (χ0v) is 19.6. The maximum Gasteiger partial charge on any atom is 0.335 e. The van der Waals surface area contributed by atoms with E-state index in [0.717, 1.165) is 23.9 Å². The average Bonchev–Trinajstić information content (AvgIpc) is 2.83. The molecular formula is C26H28N2O4S. The van der Waals surface area contributed by atoms with Crippen LogP contribution in [0.2, 0.25) is 0 Å². The lowest BCUT2D eigenvalue weighted by Crippen LogP contribution is -2.32. The van der Waals surface area contributed by atoms with Gasteiger partial charge in [-0.25, -0.2) is 18.2 Å². The number of nitrogens with zero attached hydrogens (tertiary/aromatic N) is 2. The molecular weight excluding hydrogens is 436 g/mol. The van der Waals surface area contributed by atoms with Gasteiger partial charge in [-0.1, -0.05) is 50.2 Å². The predicted molar refractivity (Wildman–Crippen MR) is 132 cm³/mol. The lowest BCUT2D eigenvalue weighted by Gasteiger charge is -2.20. The fourth-order valence-electron chi connectivity index (χ4n) is 3.49. The lowest BCUT2D eigenvalue weighted by atomic mass is 10.1. The zero-order valence-electron chi connectivity index (χ0n) is 18.8. The summed E-state index contributed by atoms with van der Waals surface area (Å²) < 4.78 is 26.2. The van der Waals surface area contributed by atoms with Gasteiger partial charge in [-0.05, 0) is 55.3 Å². The van der Waals surface area contributed by atoms with Crippen molar-refractivity contribution in [2.75, 3.05) is 13.1 Å². The first-order chi connectivity index (χ1) is 15.9. The highest BCUT2D eigenvalue weighted by Gasteiger charge is 2.23. The number of aromatic carboxylic acids is 1. The van der Waals surface area contributed by atoms with Crippen LogP contribution in [0.5, 0.6) is 0 Å². The van der Waals surface area contributed by atoms with Gasteiger partial charge in [-0.2, -0.15) is 4.31 Å². The van der Waals surface area contributed by atoms with Crippen molar-refractivity contribution >= 4 is 37.8 Å². The maximum atomic E-state index is 12.4. The van der Waals surface area contributed by atoms with Crippen molar-refractivity contribution in [2.45, 2.75) is 31.6 Å². The van der Waals surface area contributed by atoms with Gasteiger partial charge in [-0.3, -0.25) is 0 Å². The third kappa shape index (κ3) is 5.94. The molecule has 6 nitrogen and oxygen atoms in total. The Balaban J connectivity index is 0.000000192. The molecule has 0 bridgehead atoms. The van der Waals surface area contributed by atoms with Crippen LogP contribution in [-0.2, 0) is 10.0 Å². The molecule has 0 saturated carbocycles. The Morgan fingerprint density at radius 2 is 1.30 bits per heavy atom. The minimum atomic E-state index is -3.53. The van der Waals surface area contributed by atoms with E-state index in [4.69, 9.17) is 5.11 Å². The van der Waals surface area contributed by atoms with Crippen LogP contribution in [0.25, 0.3) is 21.8 Å². The number of benzene rings is 3. The second kappa shape index (κ2) is 11.0. The van der Waals surface area contributed by atoms with Crippen LogP contribution in [0.1, 0.15) is 37.0 Å². The molecule has 1 N–H and O–H groups in total. The van der Waals surface area contributed by atoms with E-state index in [9.17, 15) is 13.2 Å². The Labute approximate surface area is 194 Å². The molecule has 0 saturated heterocycles. The van der Waals surface area contributed by atoms with E-state index in [1.165, 1.54) is 39.3 Å². The number of rotatable bonds is 7. The average molecular weight is 465 g/mol. The van der Waals surface area contributed by atoms with Crippen molar-refractivity contribution < 1.29 is 18.3 Å². The molecule has 0 aliphatic carbocycles. The Bertz CT molecular complexity index is 1220. The van der Waals surface area contributed by atoms with Crippen LogP contribution >= 0.6 is 0 Å². The maximum absolute atomic E-state index is 12.4. The summed E-state index contributed by atoms with van der Waals surface area (Å²) in [5.74, 6) is -1.07. The van der Waals surface area contributed by atoms with Crippen molar-refractivity contribution in [1.29, 1.82) is 0 Å². The first kappa shape index (κ1) is 24.4. The Kier molecular flexibility index (Phi) is 8.14. The van der Waals surface area contributed by atoms with Gasteiger partial charge in [0.15, 0.2) is 0 Å².